The summed E-state index contributed by atoms with van der Waals surface area (Å²) in [7, 11) is -1.75. The van der Waals surface area contributed by atoms with Crippen molar-refractivity contribution in [3.8, 4) is 0 Å². The molecule has 1 saturated heterocycles. The summed E-state index contributed by atoms with van der Waals surface area (Å²) in [4.78, 5) is 0.343. The first-order chi connectivity index (χ1) is 7.35. The lowest BCUT2D eigenvalue weighted by atomic mass is 10.2. The van der Waals surface area contributed by atoms with Crippen LogP contribution in [-0.2, 0) is 10.2 Å². The molecule has 0 saturated carbocycles. The zero-order valence-electron chi connectivity index (χ0n) is 9.72. The number of nitrogens with zero attached hydrogens (tertiary/aromatic N) is 2. The van der Waals surface area contributed by atoms with Crippen molar-refractivity contribution in [1.29, 1.82) is 0 Å². The second-order valence-electron chi connectivity index (χ2n) is 4.15. The van der Waals surface area contributed by atoms with Crippen molar-refractivity contribution in [2.45, 2.75) is 32.2 Å². The van der Waals surface area contributed by atoms with E-state index in [0.29, 0.717) is 24.5 Å². The van der Waals surface area contributed by atoms with Crippen molar-refractivity contribution in [2.24, 2.45) is 5.73 Å². The van der Waals surface area contributed by atoms with E-state index in [2.05, 4.69) is 0 Å². The Kier molecular flexibility index (Phi) is 4.66. The maximum atomic E-state index is 12.1. The van der Waals surface area contributed by atoms with Gasteiger partial charge in [0, 0.05) is 32.6 Å². The van der Waals surface area contributed by atoms with E-state index in [1.54, 1.807) is 7.05 Å². The third kappa shape index (κ3) is 3.13. The minimum absolute atomic E-state index is 0.192. The second-order valence-corrected chi connectivity index (χ2v) is 6.66. The van der Waals surface area contributed by atoms with Crippen LogP contribution >= 0.6 is 12.2 Å². The molecule has 1 rings (SSSR count). The van der Waals surface area contributed by atoms with Gasteiger partial charge in [-0.25, -0.2) is 0 Å². The molecule has 5 nitrogen and oxygen atoms in total. The summed E-state index contributed by atoms with van der Waals surface area (Å²) in [5, 5.41) is 0. The molecule has 0 aliphatic carbocycles. The third-order valence-corrected chi connectivity index (χ3v) is 5.14. The van der Waals surface area contributed by atoms with Crippen LogP contribution in [0.25, 0.3) is 0 Å². The molecular formula is C9H19N3O2S2. The van der Waals surface area contributed by atoms with Crippen LogP contribution in [0.3, 0.4) is 0 Å². The fraction of sp³-hybridized carbons (Fsp3) is 0.889. The molecule has 0 amide bonds. The van der Waals surface area contributed by atoms with E-state index in [9.17, 15) is 8.42 Å². The SMILES string of the molecule is CC(CC(N)=S)N(C)S(=O)(=O)N1CCCC1. The third-order valence-electron chi connectivity index (χ3n) is 2.87. The van der Waals surface area contributed by atoms with E-state index in [4.69, 9.17) is 18.0 Å². The van der Waals surface area contributed by atoms with Gasteiger partial charge in [-0.1, -0.05) is 12.2 Å². The van der Waals surface area contributed by atoms with E-state index < -0.39 is 10.2 Å². The zero-order chi connectivity index (χ0) is 12.3. The molecule has 0 aromatic rings. The molecule has 7 heteroatoms. The summed E-state index contributed by atoms with van der Waals surface area (Å²) in [6.07, 6.45) is 2.30. The minimum atomic E-state index is -3.33. The number of hydrogen-bond donors (Lipinski definition) is 1. The lowest BCUT2D eigenvalue weighted by Crippen LogP contribution is -2.45. The van der Waals surface area contributed by atoms with Gasteiger partial charge in [-0.2, -0.15) is 17.0 Å². The average Bonchev–Trinajstić information content (AvgIpc) is 2.68. The Labute approximate surface area is 103 Å². The van der Waals surface area contributed by atoms with Gasteiger partial charge in [0.25, 0.3) is 10.2 Å². The van der Waals surface area contributed by atoms with Crippen molar-refractivity contribution < 1.29 is 8.42 Å². The highest BCUT2D eigenvalue weighted by Crippen LogP contribution is 2.18. The highest BCUT2D eigenvalue weighted by molar-refractivity contribution is 7.86. The lowest BCUT2D eigenvalue weighted by molar-refractivity contribution is 0.350. The second kappa shape index (κ2) is 5.39. The van der Waals surface area contributed by atoms with Gasteiger partial charge in [-0.15, -0.1) is 0 Å². The summed E-state index contributed by atoms with van der Waals surface area (Å²) in [6, 6.07) is -0.192. The van der Waals surface area contributed by atoms with E-state index in [-0.39, 0.29) is 6.04 Å². The standard InChI is InChI=1S/C9H19N3O2S2/c1-8(7-9(10)15)11(2)16(13,14)12-5-3-4-6-12/h8H,3-7H2,1-2H3,(H2,10,15). The van der Waals surface area contributed by atoms with E-state index in [1.807, 2.05) is 6.92 Å². The maximum Gasteiger partial charge on any atom is 0.281 e. The molecule has 0 spiro atoms. The van der Waals surface area contributed by atoms with Crippen LogP contribution < -0.4 is 5.73 Å². The quantitative estimate of drug-likeness (QED) is 0.727. The number of nitrogens with two attached hydrogens (primary N) is 1. The lowest BCUT2D eigenvalue weighted by Gasteiger charge is -2.28. The molecule has 1 aliphatic heterocycles. The fourth-order valence-corrected chi connectivity index (χ4v) is 3.60. The molecule has 16 heavy (non-hydrogen) atoms. The first-order valence-corrected chi connectivity index (χ1v) is 7.17. The van der Waals surface area contributed by atoms with Gasteiger partial charge in [0.15, 0.2) is 0 Å². The van der Waals surface area contributed by atoms with Crippen molar-refractivity contribution in [1.82, 2.24) is 8.61 Å². The first-order valence-electron chi connectivity index (χ1n) is 5.37. The number of rotatable bonds is 5. The molecule has 2 N–H and O–H groups in total. The molecule has 0 aromatic heterocycles. The van der Waals surface area contributed by atoms with Crippen LogP contribution in [0.2, 0.25) is 0 Å². The summed E-state index contributed by atoms with van der Waals surface area (Å²) >= 11 is 4.79. The predicted octanol–water partition coefficient (Wildman–Crippen LogP) is 0.324. The summed E-state index contributed by atoms with van der Waals surface area (Å²) in [6.45, 7) is 3.05. The monoisotopic (exact) mass is 265 g/mol. The van der Waals surface area contributed by atoms with Gasteiger partial charge in [-0.05, 0) is 19.8 Å². The summed E-state index contributed by atoms with van der Waals surface area (Å²) in [5.41, 5.74) is 5.42. The van der Waals surface area contributed by atoms with Crippen LogP contribution in [0.15, 0.2) is 0 Å². The van der Waals surface area contributed by atoms with Crippen LogP contribution in [0, 0.1) is 0 Å². The van der Waals surface area contributed by atoms with Crippen LogP contribution in [0.4, 0.5) is 0 Å². The normalized spacial score (nSPS) is 20.2. The Morgan fingerprint density at radius 2 is 2.00 bits per heavy atom. The predicted molar refractivity (Wildman–Crippen MR) is 68.4 cm³/mol. The van der Waals surface area contributed by atoms with Gasteiger partial charge in [0.2, 0.25) is 0 Å². The molecule has 1 heterocycles. The molecule has 0 aromatic carbocycles. The summed E-state index contributed by atoms with van der Waals surface area (Å²) in [5.74, 6) is 0. The topological polar surface area (TPSA) is 66.6 Å². The van der Waals surface area contributed by atoms with Gasteiger partial charge in [-0.3, -0.25) is 0 Å². The summed E-state index contributed by atoms with van der Waals surface area (Å²) < 4.78 is 27.1. The molecule has 94 valence electrons. The molecule has 1 aliphatic rings. The number of hydrogen-bond acceptors (Lipinski definition) is 3. The highest BCUT2D eigenvalue weighted by atomic mass is 32.2. The molecule has 0 bridgehead atoms. The van der Waals surface area contributed by atoms with Gasteiger partial charge in [0.1, 0.15) is 0 Å². The Morgan fingerprint density at radius 1 is 1.50 bits per heavy atom. The van der Waals surface area contributed by atoms with Crippen LogP contribution in [0.5, 0.6) is 0 Å². The Balaban J connectivity index is 2.70. The van der Waals surface area contributed by atoms with E-state index in [1.165, 1.54) is 8.61 Å². The fourth-order valence-electron chi connectivity index (χ4n) is 1.75. The first kappa shape index (κ1) is 13.8. The number of thiocarbonyl (C=S) groups is 1. The molecule has 1 fully saturated rings. The average molecular weight is 265 g/mol. The van der Waals surface area contributed by atoms with E-state index in [0.717, 1.165) is 12.8 Å². The Morgan fingerprint density at radius 3 is 2.44 bits per heavy atom. The highest BCUT2D eigenvalue weighted by Gasteiger charge is 2.31. The van der Waals surface area contributed by atoms with Gasteiger partial charge < -0.3 is 5.73 Å². The molecular weight excluding hydrogens is 246 g/mol. The maximum absolute atomic E-state index is 12.1. The molecule has 1 atom stereocenters. The van der Waals surface area contributed by atoms with Gasteiger partial charge in [0.05, 0.1) is 4.99 Å². The Bertz CT molecular complexity index is 350. The molecule has 0 radical (unpaired) electrons. The van der Waals surface area contributed by atoms with Crippen LogP contribution in [0.1, 0.15) is 26.2 Å². The van der Waals surface area contributed by atoms with Gasteiger partial charge >= 0.3 is 0 Å². The van der Waals surface area contributed by atoms with Crippen molar-refractivity contribution in [3.05, 3.63) is 0 Å². The van der Waals surface area contributed by atoms with Crippen molar-refractivity contribution >= 4 is 27.4 Å². The minimum Gasteiger partial charge on any atom is -0.393 e. The smallest absolute Gasteiger partial charge is 0.281 e. The zero-order valence-corrected chi connectivity index (χ0v) is 11.4. The Hall–Kier alpha value is -0.240. The van der Waals surface area contributed by atoms with Crippen molar-refractivity contribution in [3.63, 3.8) is 0 Å². The molecule has 1 unspecified atom stereocenters. The largest absolute Gasteiger partial charge is 0.393 e. The van der Waals surface area contributed by atoms with E-state index >= 15 is 0 Å². The van der Waals surface area contributed by atoms with Crippen molar-refractivity contribution in [2.75, 3.05) is 20.1 Å². The van der Waals surface area contributed by atoms with Crippen LogP contribution in [-0.4, -0.2) is 48.2 Å².